The van der Waals surface area contributed by atoms with Crippen LogP contribution in [-0.2, 0) is 14.6 Å². The van der Waals surface area contributed by atoms with Crippen LogP contribution in [0.15, 0.2) is 54.6 Å². The maximum Gasteiger partial charge on any atom is 0.251 e. The number of rotatable bonds is 5. The third-order valence-corrected chi connectivity index (χ3v) is 8.23. The Bertz CT molecular complexity index is 1080. The van der Waals surface area contributed by atoms with E-state index in [0.717, 1.165) is 11.1 Å². The molecule has 0 bridgehead atoms. The molecule has 0 spiro atoms. The Balaban J connectivity index is 1.41. The van der Waals surface area contributed by atoms with E-state index in [1.54, 1.807) is 0 Å². The standard InChI is InChI=1S/C25H31N3O4S/c1-19-7-5-6-10-22(19)24(29)26-21-11-13-28(14-12-21)25(30)23(20-8-3-2-4-9-20)27-15-17-33(31,32)18-16-27/h2-10,21,23H,11-18H2,1H3,(H,26,29). The highest BCUT2D eigenvalue weighted by molar-refractivity contribution is 7.91. The van der Waals surface area contributed by atoms with Crippen molar-refractivity contribution in [2.24, 2.45) is 0 Å². The van der Waals surface area contributed by atoms with Gasteiger partial charge in [0.1, 0.15) is 6.04 Å². The summed E-state index contributed by atoms with van der Waals surface area (Å²) in [4.78, 5) is 30.1. The summed E-state index contributed by atoms with van der Waals surface area (Å²) in [7, 11) is -3.03. The van der Waals surface area contributed by atoms with Crippen LogP contribution in [0.2, 0.25) is 0 Å². The Morgan fingerprint density at radius 1 is 0.909 bits per heavy atom. The van der Waals surface area contributed by atoms with E-state index >= 15 is 0 Å². The van der Waals surface area contributed by atoms with Crippen LogP contribution in [0, 0.1) is 6.92 Å². The van der Waals surface area contributed by atoms with Crippen LogP contribution in [-0.4, -0.2) is 73.8 Å². The van der Waals surface area contributed by atoms with Gasteiger partial charge in [0, 0.05) is 37.8 Å². The van der Waals surface area contributed by atoms with Crippen LogP contribution in [0.25, 0.3) is 0 Å². The summed E-state index contributed by atoms with van der Waals surface area (Å²) in [6.07, 6.45) is 1.39. The quantitative estimate of drug-likeness (QED) is 0.726. The molecule has 176 valence electrons. The zero-order chi connectivity index (χ0) is 23.4. The maximum atomic E-state index is 13.6. The van der Waals surface area contributed by atoms with Crippen LogP contribution in [0.1, 0.15) is 40.4 Å². The van der Waals surface area contributed by atoms with E-state index in [-0.39, 0.29) is 29.4 Å². The fraction of sp³-hybridized carbons (Fsp3) is 0.440. The van der Waals surface area contributed by atoms with Gasteiger partial charge in [0.2, 0.25) is 5.91 Å². The summed E-state index contributed by atoms with van der Waals surface area (Å²) in [5.41, 5.74) is 2.51. The number of amides is 2. The summed E-state index contributed by atoms with van der Waals surface area (Å²) in [6.45, 7) is 3.76. The number of benzene rings is 2. The number of carbonyl (C=O) groups is 2. The van der Waals surface area contributed by atoms with Crippen molar-refractivity contribution in [1.82, 2.24) is 15.1 Å². The van der Waals surface area contributed by atoms with Crippen LogP contribution >= 0.6 is 0 Å². The van der Waals surface area contributed by atoms with E-state index < -0.39 is 15.9 Å². The summed E-state index contributed by atoms with van der Waals surface area (Å²) in [5, 5.41) is 3.11. The average Bonchev–Trinajstić information content (AvgIpc) is 2.81. The molecule has 7 nitrogen and oxygen atoms in total. The lowest BCUT2D eigenvalue weighted by molar-refractivity contribution is -0.138. The van der Waals surface area contributed by atoms with Crippen LogP contribution in [0.3, 0.4) is 0 Å². The lowest BCUT2D eigenvalue weighted by Crippen LogP contribution is -2.52. The van der Waals surface area contributed by atoms with Gasteiger partial charge in [0.15, 0.2) is 9.84 Å². The van der Waals surface area contributed by atoms with Gasteiger partial charge in [-0.3, -0.25) is 14.5 Å². The molecule has 1 unspecified atom stereocenters. The van der Waals surface area contributed by atoms with Crippen molar-refractivity contribution < 1.29 is 18.0 Å². The van der Waals surface area contributed by atoms with E-state index in [0.29, 0.717) is 44.6 Å². The number of piperidine rings is 1. The molecule has 8 heteroatoms. The number of hydrogen-bond acceptors (Lipinski definition) is 5. The molecule has 2 heterocycles. The SMILES string of the molecule is Cc1ccccc1C(=O)NC1CCN(C(=O)C(c2ccccc2)N2CCS(=O)(=O)CC2)CC1. The molecule has 0 aliphatic carbocycles. The number of nitrogens with one attached hydrogen (secondary N) is 1. The third kappa shape index (κ3) is 5.62. The van der Waals surface area contributed by atoms with Crippen molar-refractivity contribution in [3.8, 4) is 0 Å². The number of aryl methyl sites for hydroxylation is 1. The van der Waals surface area contributed by atoms with Gasteiger partial charge in [-0.1, -0.05) is 48.5 Å². The molecule has 2 aliphatic rings. The van der Waals surface area contributed by atoms with E-state index in [4.69, 9.17) is 0 Å². The predicted octanol–water partition coefficient (Wildman–Crippen LogP) is 2.19. The first-order valence-electron chi connectivity index (χ1n) is 11.5. The Morgan fingerprint density at radius 3 is 2.15 bits per heavy atom. The first-order chi connectivity index (χ1) is 15.8. The van der Waals surface area contributed by atoms with Gasteiger partial charge in [0.25, 0.3) is 5.91 Å². The van der Waals surface area contributed by atoms with Crippen LogP contribution in [0.4, 0.5) is 0 Å². The fourth-order valence-electron chi connectivity index (χ4n) is 4.64. The largest absolute Gasteiger partial charge is 0.349 e. The second-order valence-corrected chi connectivity index (χ2v) is 11.2. The van der Waals surface area contributed by atoms with Crippen molar-refractivity contribution in [2.75, 3.05) is 37.7 Å². The Hall–Kier alpha value is -2.71. The second kappa shape index (κ2) is 10.1. The van der Waals surface area contributed by atoms with Gasteiger partial charge in [0.05, 0.1) is 11.5 Å². The molecule has 2 aromatic carbocycles. The Kier molecular flexibility index (Phi) is 7.14. The molecule has 2 saturated heterocycles. The first-order valence-corrected chi connectivity index (χ1v) is 13.3. The zero-order valence-electron chi connectivity index (χ0n) is 18.9. The number of carbonyl (C=O) groups excluding carboxylic acids is 2. The highest BCUT2D eigenvalue weighted by Crippen LogP contribution is 2.27. The van der Waals surface area contributed by atoms with E-state index in [1.807, 2.05) is 71.3 Å². The van der Waals surface area contributed by atoms with Gasteiger partial charge >= 0.3 is 0 Å². The molecule has 2 fully saturated rings. The van der Waals surface area contributed by atoms with Gasteiger partial charge in [-0.15, -0.1) is 0 Å². The van der Waals surface area contributed by atoms with Crippen molar-refractivity contribution in [2.45, 2.75) is 31.8 Å². The lowest BCUT2D eigenvalue weighted by atomic mass is 9.99. The first kappa shape index (κ1) is 23.4. The van der Waals surface area contributed by atoms with Crippen LogP contribution in [0.5, 0.6) is 0 Å². The number of likely N-dealkylation sites (tertiary alicyclic amines) is 1. The van der Waals surface area contributed by atoms with Gasteiger partial charge < -0.3 is 10.2 Å². The molecule has 0 saturated carbocycles. The maximum absolute atomic E-state index is 13.6. The third-order valence-electron chi connectivity index (χ3n) is 6.62. The second-order valence-electron chi connectivity index (χ2n) is 8.89. The topological polar surface area (TPSA) is 86.8 Å². The minimum absolute atomic E-state index is 0.00387. The fourth-order valence-corrected chi connectivity index (χ4v) is 5.87. The summed E-state index contributed by atoms with van der Waals surface area (Å²) >= 11 is 0. The predicted molar refractivity (Wildman–Crippen MR) is 128 cm³/mol. The molecular formula is C25H31N3O4S. The van der Waals surface area contributed by atoms with Gasteiger partial charge in [-0.2, -0.15) is 0 Å². The monoisotopic (exact) mass is 469 g/mol. The lowest BCUT2D eigenvalue weighted by Gasteiger charge is -2.39. The molecular weight excluding hydrogens is 438 g/mol. The molecule has 1 atom stereocenters. The highest BCUT2D eigenvalue weighted by atomic mass is 32.2. The number of sulfone groups is 1. The summed E-state index contributed by atoms with van der Waals surface area (Å²) in [6, 6.07) is 16.6. The molecule has 0 aromatic heterocycles. The van der Waals surface area contributed by atoms with E-state index in [2.05, 4.69) is 5.32 Å². The normalized spacial score (nSPS) is 20.2. The Labute approximate surface area is 195 Å². The van der Waals surface area contributed by atoms with Crippen molar-refractivity contribution in [3.05, 3.63) is 71.3 Å². The zero-order valence-corrected chi connectivity index (χ0v) is 19.8. The molecule has 2 amide bonds. The molecule has 4 rings (SSSR count). The van der Waals surface area contributed by atoms with E-state index in [1.165, 1.54) is 0 Å². The van der Waals surface area contributed by atoms with Crippen molar-refractivity contribution in [1.29, 1.82) is 0 Å². The summed E-state index contributed by atoms with van der Waals surface area (Å²) in [5.74, 6) is 0.0894. The highest BCUT2D eigenvalue weighted by Gasteiger charge is 2.36. The number of nitrogens with zero attached hydrogens (tertiary/aromatic N) is 2. The molecule has 2 aliphatic heterocycles. The molecule has 33 heavy (non-hydrogen) atoms. The summed E-state index contributed by atoms with van der Waals surface area (Å²) < 4.78 is 23.8. The number of hydrogen-bond donors (Lipinski definition) is 1. The Morgan fingerprint density at radius 2 is 1.52 bits per heavy atom. The molecule has 2 aromatic rings. The van der Waals surface area contributed by atoms with Crippen molar-refractivity contribution >= 4 is 21.7 Å². The minimum Gasteiger partial charge on any atom is -0.349 e. The molecule has 1 N–H and O–H groups in total. The van der Waals surface area contributed by atoms with Crippen molar-refractivity contribution in [3.63, 3.8) is 0 Å². The smallest absolute Gasteiger partial charge is 0.251 e. The molecule has 0 radical (unpaired) electrons. The average molecular weight is 470 g/mol. The minimum atomic E-state index is -3.03. The van der Waals surface area contributed by atoms with Gasteiger partial charge in [-0.25, -0.2) is 8.42 Å². The van der Waals surface area contributed by atoms with E-state index in [9.17, 15) is 18.0 Å². The van der Waals surface area contributed by atoms with Gasteiger partial charge in [-0.05, 0) is 37.0 Å². The van der Waals surface area contributed by atoms with Crippen LogP contribution < -0.4 is 5.32 Å².